The molecular formula is C15H21FN4O2. The van der Waals surface area contributed by atoms with Crippen LogP contribution in [0.15, 0.2) is 24.3 Å². The molecule has 1 fully saturated rings. The number of carbonyl (C=O) groups excluding carboxylic acids is 2. The zero-order valence-electron chi connectivity index (χ0n) is 12.6. The largest absolute Gasteiger partial charge is 0.367 e. The van der Waals surface area contributed by atoms with E-state index < -0.39 is 6.03 Å². The summed E-state index contributed by atoms with van der Waals surface area (Å²) in [6.45, 7) is 5.02. The molecule has 0 radical (unpaired) electrons. The van der Waals surface area contributed by atoms with Crippen molar-refractivity contribution in [3.05, 3.63) is 30.1 Å². The summed E-state index contributed by atoms with van der Waals surface area (Å²) in [5, 5.41) is 4.79. The number of anilines is 1. The summed E-state index contributed by atoms with van der Waals surface area (Å²) in [4.78, 5) is 26.9. The molecule has 1 aliphatic rings. The quantitative estimate of drug-likeness (QED) is 0.863. The summed E-state index contributed by atoms with van der Waals surface area (Å²) in [6, 6.07) is 6.21. The van der Waals surface area contributed by atoms with E-state index in [-0.39, 0.29) is 18.3 Å². The van der Waals surface area contributed by atoms with Crippen molar-refractivity contribution in [2.45, 2.75) is 6.92 Å². The number of para-hydroxylation sites is 1. The maximum atomic E-state index is 13.7. The molecule has 3 amide bonds. The van der Waals surface area contributed by atoms with Gasteiger partial charge in [-0.05, 0) is 19.1 Å². The number of rotatable bonds is 4. The summed E-state index contributed by atoms with van der Waals surface area (Å²) < 4.78 is 13.7. The van der Waals surface area contributed by atoms with Gasteiger partial charge >= 0.3 is 6.03 Å². The lowest BCUT2D eigenvalue weighted by Gasteiger charge is -2.35. The lowest BCUT2D eigenvalue weighted by Crippen LogP contribution is -2.51. The first-order chi connectivity index (χ1) is 10.6. The lowest BCUT2D eigenvalue weighted by atomic mass is 10.2. The third-order valence-electron chi connectivity index (χ3n) is 3.52. The molecular weight excluding hydrogens is 287 g/mol. The molecule has 22 heavy (non-hydrogen) atoms. The lowest BCUT2D eigenvalue weighted by molar-refractivity contribution is -0.121. The number of halogens is 1. The van der Waals surface area contributed by atoms with Crippen LogP contribution in [-0.2, 0) is 4.79 Å². The number of nitrogens with zero attached hydrogens (tertiary/aromatic N) is 2. The zero-order chi connectivity index (χ0) is 15.9. The molecule has 1 aromatic rings. The van der Waals surface area contributed by atoms with Gasteiger partial charge in [0, 0.05) is 32.7 Å². The molecule has 0 bridgehead atoms. The Morgan fingerprint density at radius 2 is 1.86 bits per heavy atom. The van der Waals surface area contributed by atoms with Crippen LogP contribution in [0.4, 0.5) is 14.9 Å². The molecule has 0 aromatic heterocycles. The third kappa shape index (κ3) is 4.42. The van der Waals surface area contributed by atoms with Crippen LogP contribution in [0, 0.1) is 5.82 Å². The van der Waals surface area contributed by atoms with Gasteiger partial charge in [-0.2, -0.15) is 0 Å². The van der Waals surface area contributed by atoms with Crippen molar-refractivity contribution < 1.29 is 14.0 Å². The van der Waals surface area contributed by atoms with E-state index in [1.165, 1.54) is 6.07 Å². The highest BCUT2D eigenvalue weighted by molar-refractivity contribution is 5.95. The van der Waals surface area contributed by atoms with Gasteiger partial charge in [-0.3, -0.25) is 15.0 Å². The highest BCUT2D eigenvalue weighted by Crippen LogP contribution is 2.19. The van der Waals surface area contributed by atoms with Gasteiger partial charge in [-0.1, -0.05) is 12.1 Å². The Bertz CT molecular complexity index is 530. The second-order valence-corrected chi connectivity index (χ2v) is 5.12. The molecule has 120 valence electrons. The predicted molar refractivity (Wildman–Crippen MR) is 82.3 cm³/mol. The first kappa shape index (κ1) is 16.2. The molecule has 1 saturated heterocycles. The number of amides is 3. The Balaban J connectivity index is 1.79. The van der Waals surface area contributed by atoms with E-state index in [0.29, 0.717) is 38.4 Å². The van der Waals surface area contributed by atoms with Crippen molar-refractivity contribution in [1.29, 1.82) is 0 Å². The maximum Gasteiger partial charge on any atom is 0.321 e. The summed E-state index contributed by atoms with van der Waals surface area (Å²) in [5.74, 6) is -0.560. The van der Waals surface area contributed by atoms with Crippen molar-refractivity contribution in [3.63, 3.8) is 0 Å². The Kier molecular flexibility index (Phi) is 5.71. The minimum Gasteiger partial charge on any atom is -0.367 e. The van der Waals surface area contributed by atoms with Crippen molar-refractivity contribution >= 4 is 17.6 Å². The molecule has 0 aliphatic carbocycles. The summed E-state index contributed by atoms with van der Waals surface area (Å²) >= 11 is 0. The normalized spacial score (nSPS) is 15.5. The average Bonchev–Trinajstić information content (AvgIpc) is 2.49. The smallest absolute Gasteiger partial charge is 0.321 e. The number of urea groups is 1. The Morgan fingerprint density at radius 1 is 1.18 bits per heavy atom. The maximum absolute atomic E-state index is 13.7. The van der Waals surface area contributed by atoms with E-state index in [0.717, 1.165) is 0 Å². The number of nitrogens with one attached hydrogen (secondary N) is 2. The van der Waals surface area contributed by atoms with E-state index in [9.17, 15) is 14.0 Å². The highest BCUT2D eigenvalue weighted by atomic mass is 19.1. The van der Waals surface area contributed by atoms with Gasteiger partial charge in [0.25, 0.3) is 0 Å². The zero-order valence-corrected chi connectivity index (χ0v) is 12.6. The summed E-state index contributed by atoms with van der Waals surface area (Å²) in [6.07, 6.45) is 0. The van der Waals surface area contributed by atoms with Gasteiger partial charge in [-0.25, -0.2) is 9.18 Å². The fourth-order valence-electron chi connectivity index (χ4n) is 2.43. The van der Waals surface area contributed by atoms with E-state index in [1.807, 2.05) is 15.9 Å². The van der Waals surface area contributed by atoms with Crippen molar-refractivity contribution in [3.8, 4) is 0 Å². The number of piperazine rings is 1. The van der Waals surface area contributed by atoms with Crippen LogP contribution in [0.25, 0.3) is 0 Å². The molecule has 2 N–H and O–H groups in total. The molecule has 1 aliphatic heterocycles. The SMILES string of the molecule is CCNC(=O)NC(=O)CN1CCN(c2ccccc2F)CC1. The second-order valence-electron chi connectivity index (χ2n) is 5.12. The standard InChI is InChI=1S/C15H21FN4O2/c1-2-17-15(22)18-14(21)11-19-7-9-20(10-8-19)13-6-4-3-5-12(13)16/h3-6H,2,7-11H2,1H3,(H2,17,18,21,22). The van der Waals surface area contributed by atoms with E-state index in [4.69, 9.17) is 0 Å². The van der Waals surface area contributed by atoms with Gasteiger partial charge in [-0.15, -0.1) is 0 Å². The molecule has 0 atom stereocenters. The van der Waals surface area contributed by atoms with Gasteiger partial charge < -0.3 is 10.2 Å². The monoisotopic (exact) mass is 308 g/mol. The van der Waals surface area contributed by atoms with Crippen LogP contribution in [0.2, 0.25) is 0 Å². The Morgan fingerprint density at radius 3 is 2.50 bits per heavy atom. The van der Waals surface area contributed by atoms with E-state index in [2.05, 4.69) is 10.6 Å². The number of imide groups is 1. The highest BCUT2D eigenvalue weighted by Gasteiger charge is 2.21. The van der Waals surface area contributed by atoms with Crippen LogP contribution in [0.5, 0.6) is 0 Å². The number of hydrogen-bond acceptors (Lipinski definition) is 4. The van der Waals surface area contributed by atoms with Crippen LogP contribution in [0.1, 0.15) is 6.92 Å². The molecule has 2 rings (SSSR count). The van der Waals surface area contributed by atoms with Crippen molar-refractivity contribution in [2.75, 3.05) is 44.2 Å². The fraction of sp³-hybridized carbons (Fsp3) is 0.467. The van der Waals surface area contributed by atoms with Gasteiger partial charge in [0.05, 0.1) is 12.2 Å². The first-order valence-corrected chi connectivity index (χ1v) is 7.39. The predicted octanol–water partition coefficient (Wildman–Crippen LogP) is 0.793. The molecule has 1 aromatic carbocycles. The minimum absolute atomic E-state index is 0.169. The van der Waals surface area contributed by atoms with Gasteiger partial charge in [0.2, 0.25) is 5.91 Å². The van der Waals surface area contributed by atoms with Crippen LogP contribution < -0.4 is 15.5 Å². The third-order valence-corrected chi connectivity index (χ3v) is 3.52. The number of benzene rings is 1. The molecule has 0 unspecified atom stereocenters. The average molecular weight is 308 g/mol. The summed E-state index contributed by atoms with van der Waals surface area (Å²) in [5.41, 5.74) is 0.592. The molecule has 7 heteroatoms. The van der Waals surface area contributed by atoms with Crippen molar-refractivity contribution in [1.82, 2.24) is 15.5 Å². The van der Waals surface area contributed by atoms with Crippen molar-refractivity contribution in [2.24, 2.45) is 0 Å². The fourth-order valence-corrected chi connectivity index (χ4v) is 2.43. The van der Waals surface area contributed by atoms with Crippen LogP contribution in [-0.4, -0.2) is 56.1 Å². The van der Waals surface area contributed by atoms with Gasteiger partial charge in [0.15, 0.2) is 0 Å². The molecule has 0 spiro atoms. The Hall–Kier alpha value is -2.15. The first-order valence-electron chi connectivity index (χ1n) is 7.39. The number of hydrogen-bond donors (Lipinski definition) is 2. The Labute approximate surface area is 129 Å². The van der Waals surface area contributed by atoms with Crippen LogP contribution >= 0.6 is 0 Å². The van der Waals surface area contributed by atoms with E-state index >= 15 is 0 Å². The molecule has 6 nitrogen and oxygen atoms in total. The molecule has 0 saturated carbocycles. The number of carbonyl (C=O) groups is 2. The minimum atomic E-state index is -0.475. The molecule has 1 heterocycles. The topological polar surface area (TPSA) is 64.7 Å². The summed E-state index contributed by atoms with van der Waals surface area (Å²) in [7, 11) is 0. The van der Waals surface area contributed by atoms with Gasteiger partial charge in [0.1, 0.15) is 5.82 Å². The second kappa shape index (κ2) is 7.74. The van der Waals surface area contributed by atoms with E-state index in [1.54, 1.807) is 19.1 Å². The van der Waals surface area contributed by atoms with Crippen LogP contribution in [0.3, 0.4) is 0 Å².